The van der Waals surface area contributed by atoms with Gasteiger partial charge in [-0.15, -0.1) is 35.1 Å². The van der Waals surface area contributed by atoms with Gasteiger partial charge in [-0.1, -0.05) is 24.3 Å². The lowest BCUT2D eigenvalue weighted by molar-refractivity contribution is -0.142. The lowest BCUT2D eigenvalue weighted by Gasteiger charge is -2.52. The van der Waals surface area contributed by atoms with E-state index < -0.39 is 10.8 Å². The highest BCUT2D eigenvalue weighted by Crippen LogP contribution is 2.55. The summed E-state index contributed by atoms with van der Waals surface area (Å²) in [5, 5.41) is 11.7. The molecule has 1 amide bonds. The maximum Gasteiger partial charge on any atom is 0.335 e. The van der Waals surface area contributed by atoms with Gasteiger partial charge in [-0.2, -0.15) is 0 Å². The molecule has 3 aromatic rings. The number of thioether (sulfide) groups is 2. The highest BCUT2D eigenvalue weighted by molar-refractivity contribution is 8.18. The van der Waals surface area contributed by atoms with Crippen LogP contribution in [-0.4, -0.2) is 37.2 Å². The minimum absolute atomic E-state index is 0.0988. The van der Waals surface area contributed by atoms with Gasteiger partial charge in [0.05, 0.1) is 22.5 Å². The summed E-state index contributed by atoms with van der Waals surface area (Å²) in [5.41, 5.74) is 1.75. The third kappa shape index (κ3) is 2.57. The van der Waals surface area contributed by atoms with E-state index in [-0.39, 0.29) is 21.9 Å². The standard InChI is InChI=1S/C20H14ClNO4S2/c21-10-20-8-16(23)22(20)9-12(18(24)25)19(28-20)27-15-7-3-6-14-17(15)11-4-1-2-5-13(11)26-14/h1-7,9,19H,8,10H2,(H,24,25)/t19?,20-/m0/s1. The maximum atomic E-state index is 11.9. The number of carboxylic acid groups (broad SMARTS) is 1. The van der Waals surface area contributed by atoms with Crippen LogP contribution in [0, 0.1) is 0 Å². The number of carbonyl (C=O) groups excluding carboxylic acids is 1. The van der Waals surface area contributed by atoms with E-state index in [2.05, 4.69) is 0 Å². The number of furan rings is 1. The van der Waals surface area contributed by atoms with Crippen LogP contribution in [0.4, 0.5) is 0 Å². The van der Waals surface area contributed by atoms with Crippen molar-refractivity contribution in [1.82, 2.24) is 4.90 Å². The van der Waals surface area contributed by atoms with Crippen LogP contribution in [0.15, 0.2) is 63.6 Å². The maximum absolute atomic E-state index is 11.9. The molecule has 0 aliphatic carbocycles. The number of carbonyl (C=O) groups is 2. The first kappa shape index (κ1) is 18.0. The molecule has 1 saturated heterocycles. The molecule has 5 nitrogen and oxygen atoms in total. The third-order valence-electron chi connectivity index (χ3n) is 5.04. The third-order valence-corrected chi connectivity index (χ3v) is 8.67. The largest absolute Gasteiger partial charge is 0.478 e. The van der Waals surface area contributed by atoms with Crippen LogP contribution in [0.2, 0.25) is 0 Å². The molecule has 8 heteroatoms. The fourth-order valence-electron chi connectivity index (χ4n) is 3.64. The molecule has 1 aromatic heterocycles. The van der Waals surface area contributed by atoms with E-state index in [9.17, 15) is 14.7 Å². The number of rotatable bonds is 4. The minimum atomic E-state index is -1.03. The molecule has 1 unspecified atom stereocenters. The molecule has 1 N–H and O–H groups in total. The van der Waals surface area contributed by atoms with Gasteiger partial charge in [0.2, 0.25) is 5.91 Å². The molecule has 2 aromatic carbocycles. The highest BCUT2D eigenvalue weighted by atomic mass is 35.5. The average molecular weight is 432 g/mol. The first-order valence-corrected chi connectivity index (χ1v) is 10.9. The number of hydrogen-bond acceptors (Lipinski definition) is 5. The lowest BCUT2D eigenvalue weighted by atomic mass is 10.0. The number of para-hydroxylation sites is 1. The van der Waals surface area contributed by atoms with Gasteiger partial charge in [-0.3, -0.25) is 4.79 Å². The van der Waals surface area contributed by atoms with Crippen LogP contribution in [-0.2, 0) is 9.59 Å². The van der Waals surface area contributed by atoms with Crippen LogP contribution in [0.3, 0.4) is 0 Å². The second-order valence-electron chi connectivity index (χ2n) is 6.71. The molecule has 3 heterocycles. The topological polar surface area (TPSA) is 70.8 Å². The fourth-order valence-corrected chi connectivity index (χ4v) is 7.32. The lowest BCUT2D eigenvalue weighted by Crippen LogP contribution is -2.62. The summed E-state index contributed by atoms with van der Waals surface area (Å²) in [5.74, 6) is -0.877. The number of halogens is 1. The quantitative estimate of drug-likeness (QED) is 0.468. The fraction of sp³-hybridized carbons (Fsp3) is 0.200. The van der Waals surface area contributed by atoms with E-state index >= 15 is 0 Å². The van der Waals surface area contributed by atoms with Gasteiger partial charge in [0, 0.05) is 21.9 Å². The molecule has 1 fully saturated rings. The van der Waals surface area contributed by atoms with Gasteiger partial charge in [0.25, 0.3) is 0 Å². The Morgan fingerprint density at radius 1 is 1.29 bits per heavy atom. The first-order chi connectivity index (χ1) is 13.5. The SMILES string of the molecule is O=C(O)C1=CN2C(=O)C[C@@]2(CCl)SC1Sc1cccc2oc3ccccc3c12. The van der Waals surface area contributed by atoms with Crippen molar-refractivity contribution in [2.24, 2.45) is 0 Å². The smallest absolute Gasteiger partial charge is 0.335 e. The molecule has 0 radical (unpaired) electrons. The molecule has 2 aliphatic heterocycles. The molecule has 0 spiro atoms. The highest BCUT2D eigenvalue weighted by Gasteiger charge is 2.55. The Morgan fingerprint density at radius 3 is 2.82 bits per heavy atom. The Morgan fingerprint density at radius 2 is 2.07 bits per heavy atom. The van der Waals surface area contributed by atoms with E-state index in [1.807, 2.05) is 42.5 Å². The number of benzene rings is 2. The number of carboxylic acids is 1. The van der Waals surface area contributed by atoms with Crippen LogP contribution >= 0.6 is 35.1 Å². The van der Waals surface area contributed by atoms with Crippen molar-refractivity contribution in [1.29, 1.82) is 0 Å². The van der Waals surface area contributed by atoms with Gasteiger partial charge >= 0.3 is 5.97 Å². The van der Waals surface area contributed by atoms with Crippen molar-refractivity contribution in [3.63, 3.8) is 0 Å². The van der Waals surface area contributed by atoms with Crippen molar-refractivity contribution < 1.29 is 19.1 Å². The molecule has 142 valence electrons. The van der Waals surface area contributed by atoms with Crippen LogP contribution in [0.1, 0.15) is 6.42 Å². The predicted octanol–water partition coefficient (Wildman–Crippen LogP) is 4.89. The van der Waals surface area contributed by atoms with E-state index in [0.29, 0.717) is 6.42 Å². The Hall–Kier alpha value is -2.09. The Bertz CT molecular complexity index is 1170. The number of amides is 1. The van der Waals surface area contributed by atoms with Gasteiger partial charge < -0.3 is 14.4 Å². The zero-order valence-electron chi connectivity index (χ0n) is 14.4. The van der Waals surface area contributed by atoms with Crippen molar-refractivity contribution in [3.05, 3.63) is 54.2 Å². The van der Waals surface area contributed by atoms with Gasteiger partial charge in [-0.25, -0.2) is 4.79 Å². The Labute approximate surface area is 173 Å². The summed E-state index contributed by atoms with van der Waals surface area (Å²) in [6, 6.07) is 13.6. The normalized spacial score (nSPS) is 24.2. The van der Waals surface area contributed by atoms with E-state index in [1.54, 1.807) is 0 Å². The van der Waals surface area contributed by atoms with Crippen LogP contribution in [0.5, 0.6) is 0 Å². The van der Waals surface area contributed by atoms with Crippen molar-refractivity contribution in [3.8, 4) is 0 Å². The van der Waals surface area contributed by atoms with Crippen molar-refractivity contribution in [2.45, 2.75) is 20.8 Å². The summed E-state index contributed by atoms with van der Waals surface area (Å²) < 4.78 is 5.55. The average Bonchev–Trinajstić information content (AvgIpc) is 3.06. The number of β-lactam (4-membered cyclic amide) rings is 1. The zero-order valence-corrected chi connectivity index (χ0v) is 16.8. The first-order valence-electron chi connectivity index (χ1n) is 8.60. The number of hydrogen-bond donors (Lipinski definition) is 1. The van der Waals surface area contributed by atoms with Crippen LogP contribution < -0.4 is 0 Å². The molecule has 28 heavy (non-hydrogen) atoms. The Kier molecular flexibility index (Phi) is 4.15. The molecule has 0 bridgehead atoms. The summed E-state index contributed by atoms with van der Waals surface area (Å²) >= 11 is 9.07. The molecule has 0 saturated carbocycles. The molecular weight excluding hydrogens is 418 g/mol. The van der Waals surface area contributed by atoms with Gasteiger partial charge in [0.15, 0.2) is 0 Å². The minimum Gasteiger partial charge on any atom is -0.478 e. The summed E-state index contributed by atoms with van der Waals surface area (Å²) in [4.78, 5) is 25.7. The molecule has 2 aliphatic rings. The number of nitrogens with zero attached hydrogens (tertiary/aromatic N) is 1. The van der Waals surface area contributed by atoms with E-state index in [0.717, 1.165) is 26.8 Å². The van der Waals surface area contributed by atoms with Crippen LogP contribution in [0.25, 0.3) is 21.9 Å². The molecular formula is C20H14ClNO4S2. The number of fused-ring (bicyclic) bond motifs is 4. The van der Waals surface area contributed by atoms with Gasteiger partial charge in [-0.05, 0) is 18.2 Å². The second-order valence-corrected chi connectivity index (χ2v) is 9.88. The molecule has 2 atom stereocenters. The van der Waals surface area contributed by atoms with E-state index in [1.165, 1.54) is 34.6 Å². The number of alkyl halides is 1. The van der Waals surface area contributed by atoms with E-state index in [4.69, 9.17) is 16.0 Å². The summed E-state index contributed by atoms with van der Waals surface area (Å²) in [6.07, 6.45) is 1.78. The predicted molar refractivity (Wildman–Crippen MR) is 112 cm³/mol. The molecule has 5 rings (SSSR count). The Balaban J connectivity index is 1.60. The summed E-state index contributed by atoms with van der Waals surface area (Å²) in [6.45, 7) is 0. The summed E-state index contributed by atoms with van der Waals surface area (Å²) in [7, 11) is 0. The zero-order chi connectivity index (χ0) is 19.5. The second kappa shape index (κ2) is 6.47. The van der Waals surface area contributed by atoms with Gasteiger partial charge in [0.1, 0.15) is 16.0 Å². The number of aliphatic carboxylic acids is 1. The monoisotopic (exact) mass is 431 g/mol. The van der Waals surface area contributed by atoms with Crippen molar-refractivity contribution >= 4 is 68.9 Å². The van der Waals surface area contributed by atoms with Crippen molar-refractivity contribution in [2.75, 3.05) is 5.88 Å².